The molecular formula is C22H23F3N4O5. The number of alkyl halides is 2. The van der Waals surface area contributed by atoms with Crippen LogP contribution in [0, 0.1) is 5.82 Å². The minimum absolute atomic E-state index is 0.0675. The average molecular weight is 480 g/mol. The summed E-state index contributed by atoms with van der Waals surface area (Å²) in [4.78, 5) is 43.4. The largest absolute Gasteiger partial charge is 0.477 e. The van der Waals surface area contributed by atoms with Crippen LogP contribution < -0.4 is 16.1 Å². The first-order valence-electron chi connectivity index (χ1n) is 10.6. The molecule has 1 aromatic heterocycles. The van der Waals surface area contributed by atoms with Gasteiger partial charge in [-0.3, -0.25) is 9.59 Å². The summed E-state index contributed by atoms with van der Waals surface area (Å²) in [6.45, 7) is 1.65. The smallest absolute Gasteiger partial charge is 0.341 e. The maximum atomic E-state index is 15.5. The number of carboxylic acid groups (broad SMARTS) is 1. The SMILES string of the molecule is CO/N=C1/CCN(c2c(F)cc3c(=O)c(C(=O)O)cn(C4CC4)c3c2C(=O)C(F)F)CC1(C)N. The first kappa shape index (κ1) is 23.7. The molecule has 1 aromatic carbocycles. The number of halogens is 3. The number of Topliss-reactive ketones (excluding diaryl/α,β-unsaturated/α-hetero) is 1. The van der Waals surface area contributed by atoms with E-state index in [0.29, 0.717) is 18.6 Å². The molecule has 0 radical (unpaired) electrons. The van der Waals surface area contributed by atoms with E-state index in [0.717, 1.165) is 12.3 Å². The predicted octanol–water partition coefficient (Wildman–Crippen LogP) is 2.55. The highest BCUT2D eigenvalue weighted by Gasteiger charge is 2.39. The second kappa shape index (κ2) is 8.42. The van der Waals surface area contributed by atoms with Gasteiger partial charge in [0, 0.05) is 31.7 Å². The van der Waals surface area contributed by atoms with E-state index < -0.39 is 57.2 Å². The van der Waals surface area contributed by atoms with Crippen LogP contribution in [0.3, 0.4) is 0 Å². The number of hydrogen-bond donors (Lipinski definition) is 2. The maximum Gasteiger partial charge on any atom is 0.341 e. The number of carbonyl (C=O) groups excluding carboxylic acids is 1. The number of oxime groups is 1. The summed E-state index contributed by atoms with van der Waals surface area (Å²) in [6.07, 6.45) is -1.04. The van der Waals surface area contributed by atoms with Crippen molar-refractivity contribution in [1.29, 1.82) is 0 Å². The lowest BCUT2D eigenvalue weighted by Crippen LogP contribution is -2.59. The average Bonchev–Trinajstić information content (AvgIpc) is 3.59. The zero-order valence-corrected chi connectivity index (χ0v) is 18.5. The van der Waals surface area contributed by atoms with Crippen LogP contribution in [0.4, 0.5) is 18.9 Å². The van der Waals surface area contributed by atoms with Crippen molar-refractivity contribution >= 4 is 34.1 Å². The van der Waals surface area contributed by atoms with Crippen LogP contribution >= 0.6 is 0 Å². The molecular weight excluding hydrogens is 457 g/mol. The summed E-state index contributed by atoms with van der Waals surface area (Å²) < 4.78 is 44.4. The Morgan fingerprint density at radius 2 is 2.03 bits per heavy atom. The molecule has 0 bridgehead atoms. The number of anilines is 1. The highest BCUT2D eigenvalue weighted by atomic mass is 19.3. The topological polar surface area (TPSA) is 127 Å². The highest BCUT2D eigenvalue weighted by Crippen LogP contribution is 2.41. The minimum Gasteiger partial charge on any atom is -0.477 e. The van der Waals surface area contributed by atoms with Crippen LogP contribution in [0.15, 0.2) is 22.2 Å². The van der Waals surface area contributed by atoms with Gasteiger partial charge in [-0.15, -0.1) is 0 Å². The molecule has 2 aliphatic rings. The summed E-state index contributed by atoms with van der Waals surface area (Å²) in [5, 5.41) is 12.9. The lowest BCUT2D eigenvalue weighted by molar-refractivity contribution is 0.0679. The Morgan fingerprint density at radius 3 is 2.56 bits per heavy atom. The molecule has 12 heteroatoms. The number of ketones is 1. The fourth-order valence-electron chi connectivity index (χ4n) is 4.47. The number of pyridine rings is 1. The Hall–Kier alpha value is -3.41. The van der Waals surface area contributed by atoms with E-state index in [1.54, 1.807) is 6.92 Å². The van der Waals surface area contributed by atoms with Gasteiger partial charge in [0.25, 0.3) is 0 Å². The van der Waals surface area contributed by atoms with Crippen LogP contribution in [-0.4, -0.2) is 59.3 Å². The third-order valence-electron chi connectivity index (χ3n) is 6.17. The number of hydrogen-bond acceptors (Lipinski definition) is 7. The van der Waals surface area contributed by atoms with Crippen LogP contribution in [0.2, 0.25) is 0 Å². The summed E-state index contributed by atoms with van der Waals surface area (Å²) >= 11 is 0. The van der Waals surface area contributed by atoms with E-state index in [-0.39, 0.29) is 31.1 Å². The van der Waals surface area contributed by atoms with Gasteiger partial charge in [-0.1, -0.05) is 5.16 Å². The molecule has 1 saturated heterocycles. The first-order valence-corrected chi connectivity index (χ1v) is 10.6. The molecule has 9 nitrogen and oxygen atoms in total. The second-order valence-electron chi connectivity index (χ2n) is 8.77. The van der Waals surface area contributed by atoms with Crippen molar-refractivity contribution in [3.05, 3.63) is 39.4 Å². The number of aromatic carboxylic acids is 1. The standard InChI is InChI=1S/C22H23F3N4O5/c1-22(26)9-28(6-5-14(22)27-34-2)17-13(23)7-11-16(15(17)19(31)20(24)25)29(10-3-4-10)8-12(18(11)30)21(32)33/h7-8,10,20H,3-6,9,26H2,1-2H3,(H,32,33)/b27-14-. The van der Waals surface area contributed by atoms with E-state index in [9.17, 15) is 28.3 Å². The molecule has 3 N–H and O–H groups in total. The van der Waals surface area contributed by atoms with E-state index in [1.165, 1.54) is 16.6 Å². The molecule has 0 spiro atoms. The molecule has 1 aliphatic heterocycles. The number of nitrogens with two attached hydrogens (primary N) is 1. The van der Waals surface area contributed by atoms with Gasteiger partial charge in [-0.05, 0) is 25.8 Å². The van der Waals surface area contributed by atoms with Crippen molar-refractivity contribution in [2.75, 3.05) is 25.1 Å². The van der Waals surface area contributed by atoms with Gasteiger partial charge in [-0.2, -0.15) is 0 Å². The number of aromatic nitrogens is 1. The highest BCUT2D eigenvalue weighted by molar-refractivity contribution is 6.14. The molecule has 4 rings (SSSR count). The molecule has 1 unspecified atom stereocenters. The van der Waals surface area contributed by atoms with Crippen molar-refractivity contribution in [2.45, 2.75) is 44.2 Å². The molecule has 1 aliphatic carbocycles. The minimum atomic E-state index is -3.48. The third-order valence-corrected chi connectivity index (χ3v) is 6.17. The van der Waals surface area contributed by atoms with Gasteiger partial charge < -0.3 is 25.1 Å². The van der Waals surface area contributed by atoms with E-state index >= 15 is 4.39 Å². The number of nitrogens with zero attached hydrogens (tertiary/aromatic N) is 3. The number of piperidine rings is 1. The molecule has 1 saturated carbocycles. The normalized spacial score (nSPS) is 22.0. The summed E-state index contributed by atoms with van der Waals surface area (Å²) in [7, 11) is 1.35. The monoisotopic (exact) mass is 480 g/mol. The zero-order chi connectivity index (χ0) is 24.9. The number of carbonyl (C=O) groups is 2. The Kier molecular flexibility index (Phi) is 5.88. The fraction of sp³-hybridized carbons (Fsp3) is 0.455. The van der Waals surface area contributed by atoms with Gasteiger partial charge in [0.2, 0.25) is 11.2 Å². The van der Waals surface area contributed by atoms with Gasteiger partial charge in [-0.25, -0.2) is 18.0 Å². The Bertz CT molecular complexity index is 1280. The molecule has 1 atom stereocenters. The van der Waals surface area contributed by atoms with E-state index in [2.05, 4.69) is 5.16 Å². The Balaban J connectivity index is 2.04. The van der Waals surface area contributed by atoms with Crippen LogP contribution in [-0.2, 0) is 4.84 Å². The molecule has 2 aromatic rings. The first-order chi connectivity index (χ1) is 16.0. The lowest BCUT2D eigenvalue weighted by Gasteiger charge is -2.40. The Labute approximate surface area is 191 Å². The molecule has 2 fully saturated rings. The van der Waals surface area contributed by atoms with Crippen molar-refractivity contribution in [2.24, 2.45) is 10.9 Å². The van der Waals surface area contributed by atoms with Crippen LogP contribution in [0.25, 0.3) is 10.9 Å². The van der Waals surface area contributed by atoms with Crippen molar-refractivity contribution in [3.63, 3.8) is 0 Å². The molecule has 34 heavy (non-hydrogen) atoms. The van der Waals surface area contributed by atoms with E-state index in [1.807, 2.05) is 0 Å². The molecule has 2 heterocycles. The molecule has 0 amide bonds. The molecule has 182 valence electrons. The van der Waals surface area contributed by atoms with Crippen molar-refractivity contribution in [1.82, 2.24) is 4.57 Å². The second-order valence-corrected chi connectivity index (χ2v) is 8.77. The number of benzene rings is 1. The van der Waals surface area contributed by atoms with Crippen LogP contribution in [0.1, 0.15) is 52.9 Å². The number of carboxylic acids is 1. The van der Waals surface area contributed by atoms with Gasteiger partial charge in [0.1, 0.15) is 18.5 Å². The summed E-state index contributed by atoms with van der Waals surface area (Å²) in [6, 6.07) is 0.512. The van der Waals surface area contributed by atoms with Crippen molar-refractivity contribution in [3.8, 4) is 0 Å². The van der Waals surface area contributed by atoms with E-state index in [4.69, 9.17) is 10.6 Å². The van der Waals surface area contributed by atoms with Gasteiger partial charge in [0.15, 0.2) is 0 Å². The predicted molar refractivity (Wildman–Crippen MR) is 118 cm³/mol. The Morgan fingerprint density at radius 1 is 1.35 bits per heavy atom. The third kappa shape index (κ3) is 3.91. The number of fused-ring (bicyclic) bond motifs is 1. The van der Waals surface area contributed by atoms with Crippen LogP contribution in [0.5, 0.6) is 0 Å². The maximum absolute atomic E-state index is 15.5. The zero-order valence-electron chi connectivity index (χ0n) is 18.5. The quantitative estimate of drug-likeness (QED) is 0.481. The summed E-state index contributed by atoms with van der Waals surface area (Å²) in [5.41, 5.74) is 2.74. The van der Waals surface area contributed by atoms with Gasteiger partial charge in [0.05, 0.1) is 33.4 Å². The van der Waals surface area contributed by atoms with Crippen molar-refractivity contribution < 1.29 is 32.7 Å². The number of rotatable bonds is 6. The van der Waals surface area contributed by atoms with Gasteiger partial charge >= 0.3 is 12.4 Å². The lowest BCUT2D eigenvalue weighted by atomic mass is 9.88. The fourth-order valence-corrected chi connectivity index (χ4v) is 4.47. The summed E-state index contributed by atoms with van der Waals surface area (Å²) in [5.74, 6) is -4.29.